The minimum atomic E-state index is 0.643. The largest absolute Gasteiger partial charge is 0.440 e. The summed E-state index contributed by atoms with van der Waals surface area (Å²) in [7, 11) is 0. The zero-order valence-corrected chi connectivity index (χ0v) is 10.3. The number of aromatic nitrogens is 3. The lowest BCUT2D eigenvalue weighted by atomic mass is 10.3. The van der Waals surface area contributed by atoms with Gasteiger partial charge in [-0.15, -0.1) is 10.2 Å². The zero-order valence-electron chi connectivity index (χ0n) is 8.66. The average Bonchev–Trinajstić information content (AvgIpc) is 2.94. The van der Waals surface area contributed by atoms with Crippen molar-refractivity contribution in [3.8, 4) is 0 Å². The van der Waals surface area contributed by atoms with Gasteiger partial charge in [0.15, 0.2) is 9.92 Å². The number of thioether (sulfide) groups is 1. The molecule has 2 aromatic heterocycles. The van der Waals surface area contributed by atoms with E-state index in [2.05, 4.69) is 15.2 Å². The Morgan fingerprint density at radius 1 is 1.41 bits per heavy atom. The van der Waals surface area contributed by atoms with Crippen LogP contribution in [0.4, 0.5) is 5.69 Å². The van der Waals surface area contributed by atoms with Crippen LogP contribution in [0.1, 0.15) is 5.89 Å². The van der Waals surface area contributed by atoms with Gasteiger partial charge >= 0.3 is 0 Å². The topological polar surface area (TPSA) is 77.8 Å². The Hall–Kier alpha value is -1.60. The standard InChI is InChI=1S/C10H8N4OS2/c11-6-1-2-7-8(3-6)15-9(13-7)4-16-10-14-12-5-17-10/h1-3,5H,4,11H2. The van der Waals surface area contributed by atoms with Crippen LogP contribution < -0.4 is 5.73 Å². The van der Waals surface area contributed by atoms with E-state index in [9.17, 15) is 0 Å². The fourth-order valence-corrected chi connectivity index (χ4v) is 2.73. The summed E-state index contributed by atoms with van der Waals surface area (Å²) in [5.74, 6) is 1.31. The third-order valence-electron chi connectivity index (χ3n) is 2.12. The number of hydrogen-bond acceptors (Lipinski definition) is 7. The molecule has 17 heavy (non-hydrogen) atoms. The van der Waals surface area contributed by atoms with Crippen LogP contribution in [0, 0.1) is 0 Å². The van der Waals surface area contributed by atoms with Crippen molar-refractivity contribution < 1.29 is 4.42 Å². The summed E-state index contributed by atoms with van der Waals surface area (Å²) >= 11 is 3.06. The van der Waals surface area contributed by atoms with E-state index in [1.807, 2.05) is 12.1 Å². The minimum absolute atomic E-state index is 0.643. The van der Waals surface area contributed by atoms with Gasteiger partial charge in [-0.25, -0.2) is 4.98 Å². The first-order valence-corrected chi connectivity index (χ1v) is 6.72. The molecule has 2 heterocycles. The van der Waals surface area contributed by atoms with Gasteiger partial charge in [-0.1, -0.05) is 23.1 Å². The molecule has 5 nitrogen and oxygen atoms in total. The number of nitrogens with two attached hydrogens (primary N) is 1. The molecule has 0 radical (unpaired) electrons. The first kappa shape index (κ1) is 10.5. The van der Waals surface area contributed by atoms with Crippen molar-refractivity contribution in [1.82, 2.24) is 15.2 Å². The van der Waals surface area contributed by atoms with E-state index in [0.29, 0.717) is 17.3 Å². The van der Waals surface area contributed by atoms with Gasteiger partial charge in [0.1, 0.15) is 11.0 Å². The van der Waals surface area contributed by atoms with Gasteiger partial charge in [-0.2, -0.15) is 0 Å². The lowest BCUT2D eigenvalue weighted by Crippen LogP contribution is -1.81. The van der Waals surface area contributed by atoms with Crippen LogP contribution in [-0.2, 0) is 5.75 Å². The summed E-state index contributed by atoms with van der Waals surface area (Å²) in [4.78, 5) is 4.37. The summed E-state index contributed by atoms with van der Waals surface area (Å²) < 4.78 is 6.50. The maximum Gasteiger partial charge on any atom is 0.205 e. The number of hydrogen-bond donors (Lipinski definition) is 1. The predicted molar refractivity (Wildman–Crippen MR) is 67.9 cm³/mol. The number of benzene rings is 1. The SMILES string of the molecule is Nc1ccc2nc(CSc3nncs3)oc2c1. The van der Waals surface area contributed by atoms with Gasteiger partial charge in [-0.3, -0.25) is 0 Å². The summed E-state index contributed by atoms with van der Waals surface area (Å²) in [6.07, 6.45) is 0. The molecule has 3 rings (SSSR count). The highest BCUT2D eigenvalue weighted by Gasteiger charge is 2.07. The number of anilines is 1. The molecular formula is C10H8N4OS2. The molecule has 0 aliphatic rings. The summed E-state index contributed by atoms with van der Waals surface area (Å²) in [6, 6.07) is 5.45. The van der Waals surface area contributed by atoms with Crippen LogP contribution in [0.3, 0.4) is 0 Å². The Balaban J connectivity index is 1.81. The van der Waals surface area contributed by atoms with Crippen molar-refractivity contribution in [2.75, 3.05) is 5.73 Å². The van der Waals surface area contributed by atoms with Crippen LogP contribution in [0.25, 0.3) is 11.1 Å². The summed E-state index contributed by atoms with van der Waals surface area (Å²) in [6.45, 7) is 0. The van der Waals surface area contributed by atoms with Crippen molar-refractivity contribution in [3.63, 3.8) is 0 Å². The second-order valence-corrected chi connectivity index (χ2v) is 5.38. The molecule has 0 aliphatic carbocycles. The molecule has 0 amide bonds. The van der Waals surface area contributed by atoms with Gasteiger partial charge in [0.25, 0.3) is 0 Å². The van der Waals surface area contributed by atoms with E-state index >= 15 is 0 Å². The molecule has 1 aromatic carbocycles. The molecule has 86 valence electrons. The molecule has 0 saturated heterocycles. The Bertz CT molecular complexity index is 635. The second-order valence-electron chi connectivity index (χ2n) is 3.33. The third kappa shape index (κ3) is 2.25. The highest BCUT2D eigenvalue weighted by Crippen LogP contribution is 2.25. The fourth-order valence-electron chi connectivity index (χ4n) is 1.40. The van der Waals surface area contributed by atoms with Gasteiger partial charge in [0.05, 0.1) is 5.75 Å². The lowest BCUT2D eigenvalue weighted by molar-refractivity contribution is 0.556. The van der Waals surface area contributed by atoms with E-state index < -0.39 is 0 Å². The number of oxazole rings is 1. The minimum Gasteiger partial charge on any atom is -0.440 e. The van der Waals surface area contributed by atoms with Crippen molar-refractivity contribution in [1.29, 1.82) is 0 Å². The van der Waals surface area contributed by atoms with E-state index in [1.54, 1.807) is 23.3 Å². The Morgan fingerprint density at radius 2 is 2.35 bits per heavy atom. The molecule has 0 bridgehead atoms. The lowest BCUT2D eigenvalue weighted by Gasteiger charge is -1.90. The molecule has 7 heteroatoms. The molecule has 0 saturated carbocycles. The predicted octanol–water partition coefficient (Wildman–Crippen LogP) is 2.55. The Morgan fingerprint density at radius 3 is 3.18 bits per heavy atom. The van der Waals surface area contributed by atoms with Crippen LogP contribution in [0.2, 0.25) is 0 Å². The van der Waals surface area contributed by atoms with Crippen molar-refractivity contribution in [2.24, 2.45) is 0 Å². The highest BCUT2D eigenvalue weighted by atomic mass is 32.2. The summed E-state index contributed by atoms with van der Waals surface area (Å²) in [5.41, 5.74) is 9.60. The molecule has 2 N–H and O–H groups in total. The van der Waals surface area contributed by atoms with E-state index in [4.69, 9.17) is 10.2 Å². The first-order chi connectivity index (χ1) is 8.31. The molecular weight excluding hydrogens is 256 g/mol. The van der Waals surface area contributed by atoms with Crippen LogP contribution in [0.5, 0.6) is 0 Å². The number of rotatable bonds is 3. The fraction of sp³-hybridized carbons (Fsp3) is 0.100. The number of fused-ring (bicyclic) bond motifs is 1. The molecule has 3 aromatic rings. The molecule has 0 aliphatic heterocycles. The van der Waals surface area contributed by atoms with E-state index in [0.717, 1.165) is 15.4 Å². The second kappa shape index (κ2) is 4.34. The monoisotopic (exact) mass is 264 g/mol. The van der Waals surface area contributed by atoms with Crippen molar-refractivity contribution in [3.05, 3.63) is 29.6 Å². The molecule has 0 spiro atoms. The van der Waals surface area contributed by atoms with Crippen molar-refractivity contribution in [2.45, 2.75) is 10.1 Å². The molecule has 0 unspecified atom stereocenters. The highest BCUT2D eigenvalue weighted by molar-refractivity contribution is 8.00. The van der Waals surface area contributed by atoms with Crippen LogP contribution >= 0.6 is 23.1 Å². The van der Waals surface area contributed by atoms with Crippen molar-refractivity contribution >= 4 is 39.9 Å². The molecule has 0 fully saturated rings. The quantitative estimate of drug-likeness (QED) is 0.578. The van der Waals surface area contributed by atoms with E-state index in [1.165, 1.54) is 11.3 Å². The van der Waals surface area contributed by atoms with Crippen LogP contribution in [-0.4, -0.2) is 15.2 Å². The maximum atomic E-state index is 5.67. The van der Waals surface area contributed by atoms with Crippen LogP contribution in [0.15, 0.2) is 32.5 Å². The molecule has 0 atom stereocenters. The zero-order chi connectivity index (χ0) is 11.7. The van der Waals surface area contributed by atoms with Gasteiger partial charge < -0.3 is 10.2 Å². The van der Waals surface area contributed by atoms with Gasteiger partial charge in [0, 0.05) is 11.8 Å². The maximum absolute atomic E-state index is 5.67. The number of nitrogens with zero attached hydrogens (tertiary/aromatic N) is 3. The normalized spacial score (nSPS) is 11.1. The Kier molecular flexibility index (Phi) is 2.69. The van der Waals surface area contributed by atoms with E-state index in [-0.39, 0.29) is 0 Å². The average molecular weight is 264 g/mol. The smallest absolute Gasteiger partial charge is 0.205 e. The Labute approximate surface area is 105 Å². The summed E-state index contributed by atoms with van der Waals surface area (Å²) in [5, 5.41) is 7.71. The van der Waals surface area contributed by atoms with Gasteiger partial charge in [0.2, 0.25) is 5.89 Å². The third-order valence-corrected chi connectivity index (χ3v) is 3.96. The van der Waals surface area contributed by atoms with Gasteiger partial charge in [-0.05, 0) is 12.1 Å². The first-order valence-electron chi connectivity index (χ1n) is 4.85. The number of nitrogen functional groups attached to an aromatic ring is 1.